The molecule has 0 heterocycles. The van der Waals surface area contributed by atoms with Gasteiger partial charge in [-0.25, -0.2) is 4.79 Å². The maximum atomic E-state index is 12.1. The molecule has 25 heavy (non-hydrogen) atoms. The second-order valence-corrected chi connectivity index (χ2v) is 5.93. The molecule has 5 heteroatoms. The number of aryl methyl sites for hydroxylation is 1. The van der Waals surface area contributed by atoms with Crippen molar-refractivity contribution in [1.29, 1.82) is 0 Å². The van der Waals surface area contributed by atoms with Gasteiger partial charge in [0.15, 0.2) is 18.1 Å². The van der Waals surface area contributed by atoms with E-state index in [1.54, 1.807) is 18.2 Å². The molecule has 0 saturated heterocycles. The lowest BCUT2D eigenvalue weighted by Gasteiger charge is -2.14. The highest BCUT2D eigenvalue weighted by Crippen LogP contribution is 2.36. The van der Waals surface area contributed by atoms with Crippen LogP contribution in [0.2, 0.25) is 0 Å². The summed E-state index contributed by atoms with van der Waals surface area (Å²) in [6.07, 6.45) is 0. The summed E-state index contributed by atoms with van der Waals surface area (Å²) in [4.78, 5) is 12.1. The zero-order chi connectivity index (χ0) is 18.4. The summed E-state index contributed by atoms with van der Waals surface area (Å²) in [5.41, 5.74) is 2.39. The van der Waals surface area contributed by atoms with Gasteiger partial charge in [0.05, 0.1) is 14.2 Å². The van der Waals surface area contributed by atoms with Gasteiger partial charge in [-0.15, -0.1) is 0 Å². The summed E-state index contributed by atoms with van der Waals surface area (Å²) in [6.45, 7) is 6.10. The second-order valence-electron chi connectivity index (χ2n) is 5.93. The fourth-order valence-electron chi connectivity index (χ4n) is 2.59. The Morgan fingerprint density at radius 2 is 1.68 bits per heavy atom. The minimum absolute atomic E-state index is 0.207. The quantitative estimate of drug-likeness (QED) is 0.559. The highest BCUT2D eigenvalue weighted by Gasteiger charge is 2.16. The number of methoxy groups -OCH3 is 2. The van der Waals surface area contributed by atoms with Crippen LogP contribution in [0.4, 0.5) is 0 Å². The highest BCUT2D eigenvalue weighted by atomic mass is 16.6. The molecule has 0 fully saturated rings. The maximum absolute atomic E-state index is 12.1. The summed E-state index contributed by atoms with van der Waals surface area (Å²) in [5, 5.41) is 0. The van der Waals surface area contributed by atoms with Gasteiger partial charge in [0, 0.05) is 0 Å². The first kappa shape index (κ1) is 18.6. The minimum Gasteiger partial charge on any atom is -0.493 e. The summed E-state index contributed by atoms with van der Waals surface area (Å²) >= 11 is 0. The van der Waals surface area contributed by atoms with Crippen molar-refractivity contribution in [2.24, 2.45) is 0 Å². The zero-order valence-electron chi connectivity index (χ0n) is 15.3. The van der Waals surface area contributed by atoms with E-state index in [0.29, 0.717) is 23.2 Å². The molecule has 0 spiro atoms. The fraction of sp³-hybridized carbons (Fsp3) is 0.350. The molecule has 0 aliphatic carbocycles. The Bertz CT molecular complexity index is 715. The number of carbonyl (C=O) groups excluding carboxylic acids is 1. The molecule has 5 nitrogen and oxygen atoms in total. The molecule has 0 N–H and O–H groups in total. The van der Waals surface area contributed by atoms with Gasteiger partial charge in [-0.2, -0.15) is 0 Å². The van der Waals surface area contributed by atoms with Gasteiger partial charge in [0.2, 0.25) is 5.75 Å². The molecule has 0 bridgehead atoms. The monoisotopic (exact) mass is 344 g/mol. The van der Waals surface area contributed by atoms with Crippen molar-refractivity contribution in [2.45, 2.75) is 26.7 Å². The highest BCUT2D eigenvalue weighted by molar-refractivity contribution is 5.76. The van der Waals surface area contributed by atoms with Crippen LogP contribution >= 0.6 is 0 Å². The average molecular weight is 344 g/mol. The summed E-state index contributed by atoms with van der Waals surface area (Å²) < 4.78 is 21.3. The Morgan fingerprint density at radius 1 is 1.04 bits per heavy atom. The summed E-state index contributed by atoms with van der Waals surface area (Å²) in [5.74, 6) is 1.62. The summed E-state index contributed by atoms with van der Waals surface area (Å²) in [7, 11) is 3.00. The molecular weight excluding hydrogens is 320 g/mol. The lowest BCUT2D eigenvalue weighted by atomic mass is 9.98. The van der Waals surface area contributed by atoms with E-state index in [4.69, 9.17) is 18.9 Å². The zero-order valence-corrected chi connectivity index (χ0v) is 15.3. The van der Waals surface area contributed by atoms with Crippen LogP contribution in [0.1, 0.15) is 30.9 Å². The van der Waals surface area contributed by atoms with Crippen LogP contribution in [-0.2, 0) is 4.79 Å². The van der Waals surface area contributed by atoms with E-state index in [-0.39, 0.29) is 12.4 Å². The number of hydrogen-bond donors (Lipinski definition) is 0. The van der Waals surface area contributed by atoms with Crippen molar-refractivity contribution in [1.82, 2.24) is 0 Å². The molecule has 0 aromatic heterocycles. The number of carbonyl (C=O) groups is 1. The van der Waals surface area contributed by atoms with Gasteiger partial charge in [-0.3, -0.25) is 0 Å². The Morgan fingerprint density at radius 3 is 2.20 bits per heavy atom. The molecule has 0 radical (unpaired) electrons. The average Bonchev–Trinajstić information content (AvgIpc) is 2.59. The van der Waals surface area contributed by atoms with Crippen molar-refractivity contribution >= 4 is 5.97 Å². The van der Waals surface area contributed by atoms with Crippen LogP contribution < -0.4 is 18.9 Å². The van der Waals surface area contributed by atoms with Gasteiger partial charge in [0.1, 0.15) is 5.75 Å². The second kappa shape index (κ2) is 8.42. The molecule has 0 aliphatic heterocycles. The first-order chi connectivity index (χ1) is 12.0. The Balaban J connectivity index is 2.03. The lowest BCUT2D eigenvalue weighted by Crippen LogP contribution is -2.18. The number of benzene rings is 2. The third kappa shape index (κ3) is 4.66. The van der Waals surface area contributed by atoms with Crippen molar-refractivity contribution in [3.8, 4) is 23.0 Å². The van der Waals surface area contributed by atoms with Crippen LogP contribution in [0.3, 0.4) is 0 Å². The molecule has 0 saturated carbocycles. The van der Waals surface area contributed by atoms with Crippen LogP contribution in [0.5, 0.6) is 23.0 Å². The first-order valence-corrected chi connectivity index (χ1v) is 8.11. The van der Waals surface area contributed by atoms with Crippen molar-refractivity contribution in [3.05, 3.63) is 47.5 Å². The Labute approximate surface area is 148 Å². The van der Waals surface area contributed by atoms with E-state index in [2.05, 4.69) is 13.8 Å². The Kier molecular flexibility index (Phi) is 6.28. The number of ether oxygens (including phenoxy) is 4. The van der Waals surface area contributed by atoms with Crippen LogP contribution in [0.15, 0.2) is 36.4 Å². The number of esters is 1. The molecule has 0 unspecified atom stereocenters. The molecular formula is C20H24O5. The van der Waals surface area contributed by atoms with E-state index in [0.717, 1.165) is 5.56 Å². The predicted octanol–water partition coefficient (Wildman–Crippen LogP) is 4.12. The van der Waals surface area contributed by atoms with Gasteiger partial charge < -0.3 is 18.9 Å². The van der Waals surface area contributed by atoms with Gasteiger partial charge in [0.25, 0.3) is 0 Å². The van der Waals surface area contributed by atoms with E-state index in [1.165, 1.54) is 19.8 Å². The SMILES string of the molecule is COc1cccc(OC)c1OC(=O)COc1ccc(C(C)C)c(C)c1. The largest absolute Gasteiger partial charge is 0.493 e. The smallest absolute Gasteiger partial charge is 0.349 e. The minimum atomic E-state index is -0.534. The van der Waals surface area contributed by atoms with Gasteiger partial charge in [-0.1, -0.05) is 26.0 Å². The summed E-state index contributed by atoms with van der Waals surface area (Å²) in [6, 6.07) is 10.9. The number of hydrogen-bond acceptors (Lipinski definition) is 5. The van der Waals surface area contributed by atoms with E-state index >= 15 is 0 Å². The normalized spacial score (nSPS) is 10.5. The lowest BCUT2D eigenvalue weighted by molar-refractivity contribution is -0.136. The Hall–Kier alpha value is -2.69. The van der Waals surface area contributed by atoms with Crippen molar-refractivity contribution in [3.63, 3.8) is 0 Å². The van der Waals surface area contributed by atoms with E-state index in [9.17, 15) is 4.79 Å². The molecule has 134 valence electrons. The van der Waals surface area contributed by atoms with Crippen LogP contribution in [-0.4, -0.2) is 26.8 Å². The number of rotatable bonds is 7. The third-order valence-electron chi connectivity index (χ3n) is 3.82. The molecule has 0 atom stereocenters. The van der Waals surface area contributed by atoms with Gasteiger partial charge >= 0.3 is 5.97 Å². The van der Waals surface area contributed by atoms with E-state index < -0.39 is 5.97 Å². The van der Waals surface area contributed by atoms with E-state index in [1.807, 2.05) is 25.1 Å². The fourth-order valence-corrected chi connectivity index (χ4v) is 2.59. The molecule has 0 aliphatic rings. The topological polar surface area (TPSA) is 54.0 Å². The standard InChI is InChI=1S/C20H24O5/c1-13(2)16-10-9-15(11-14(16)3)24-12-19(21)25-20-17(22-4)7-6-8-18(20)23-5/h6-11,13H,12H2,1-5H3. The predicted molar refractivity (Wildman–Crippen MR) is 95.9 cm³/mol. The molecule has 2 rings (SSSR count). The molecule has 2 aromatic rings. The van der Waals surface area contributed by atoms with Crippen LogP contribution in [0, 0.1) is 6.92 Å². The van der Waals surface area contributed by atoms with Gasteiger partial charge in [-0.05, 0) is 48.2 Å². The maximum Gasteiger partial charge on any atom is 0.349 e. The molecule has 2 aromatic carbocycles. The van der Waals surface area contributed by atoms with Crippen molar-refractivity contribution in [2.75, 3.05) is 20.8 Å². The number of para-hydroxylation sites is 1. The third-order valence-corrected chi connectivity index (χ3v) is 3.82. The van der Waals surface area contributed by atoms with Crippen molar-refractivity contribution < 1.29 is 23.7 Å². The van der Waals surface area contributed by atoms with Crippen LogP contribution in [0.25, 0.3) is 0 Å². The molecule has 0 amide bonds. The first-order valence-electron chi connectivity index (χ1n) is 8.11.